The summed E-state index contributed by atoms with van der Waals surface area (Å²) in [6.07, 6.45) is 8.17. The van der Waals surface area contributed by atoms with Crippen LogP contribution in [0.3, 0.4) is 0 Å². The Hall–Kier alpha value is -3.67. The molecule has 4 aromatic rings. The van der Waals surface area contributed by atoms with Gasteiger partial charge in [0.1, 0.15) is 5.82 Å². The fraction of sp³-hybridized carbons (Fsp3) is 0.345. The van der Waals surface area contributed by atoms with Crippen molar-refractivity contribution in [1.82, 2.24) is 24.8 Å². The summed E-state index contributed by atoms with van der Waals surface area (Å²) in [5.74, 6) is 1.86. The molecule has 3 heterocycles. The summed E-state index contributed by atoms with van der Waals surface area (Å²) in [5.41, 5.74) is 6.53. The van der Waals surface area contributed by atoms with Crippen molar-refractivity contribution in [2.75, 3.05) is 6.54 Å². The number of benzene rings is 2. The van der Waals surface area contributed by atoms with Gasteiger partial charge in [-0.3, -0.25) is 4.79 Å². The molecule has 2 aromatic carbocycles. The van der Waals surface area contributed by atoms with Crippen molar-refractivity contribution in [3.8, 4) is 33.6 Å². The predicted octanol–water partition coefficient (Wildman–Crippen LogP) is 6.48. The van der Waals surface area contributed by atoms with E-state index in [1.807, 2.05) is 17.3 Å². The van der Waals surface area contributed by atoms with E-state index in [4.69, 9.17) is 4.98 Å². The van der Waals surface area contributed by atoms with Crippen LogP contribution in [-0.4, -0.2) is 37.3 Å². The van der Waals surface area contributed by atoms with Gasteiger partial charge in [0.2, 0.25) is 5.91 Å². The Kier molecular flexibility index (Phi) is 6.53. The Bertz CT molecular complexity index is 1260. The number of amides is 1. The van der Waals surface area contributed by atoms with Gasteiger partial charge in [0, 0.05) is 13.0 Å². The molecule has 5 rings (SSSR count). The molecule has 35 heavy (non-hydrogen) atoms. The number of imidazole rings is 2. The number of aromatic nitrogens is 4. The van der Waals surface area contributed by atoms with Crippen LogP contribution in [0.5, 0.6) is 0 Å². The van der Waals surface area contributed by atoms with Crippen LogP contribution in [0.15, 0.2) is 67.3 Å². The van der Waals surface area contributed by atoms with E-state index in [0.717, 1.165) is 53.3 Å². The van der Waals surface area contributed by atoms with Gasteiger partial charge in [-0.2, -0.15) is 0 Å². The van der Waals surface area contributed by atoms with Crippen molar-refractivity contribution in [2.24, 2.45) is 11.8 Å². The minimum atomic E-state index is 0.0106. The molecule has 1 aliphatic rings. The quantitative estimate of drug-likeness (QED) is 0.341. The highest BCUT2D eigenvalue weighted by Crippen LogP contribution is 2.36. The third kappa shape index (κ3) is 4.92. The van der Waals surface area contributed by atoms with Crippen molar-refractivity contribution in [3.63, 3.8) is 0 Å². The van der Waals surface area contributed by atoms with Crippen molar-refractivity contribution in [1.29, 1.82) is 0 Å². The number of aromatic amines is 2. The number of likely N-dealkylation sites (tertiary alicyclic amines) is 1. The molecule has 1 unspecified atom stereocenters. The van der Waals surface area contributed by atoms with Crippen LogP contribution in [-0.2, 0) is 4.79 Å². The van der Waals surface area contributed by atoms with E-state index in [0.29, 0.717) is 18.3 Å². The molecule has 6 nitrogen and oxygen atoms in total. The summed E-state index contributed by atoms with van der Waals surface area (Å²) in [4.78, 5) is 30.5. The molecule has 1 aliphatic heterocycles. The molecule has 1 fully saturated rings. The normalized spacial score (nSPS) is 18.2. The molecule has 180 valence electrons. The van der Waals surface area contributed by atoms with E-state index < -0.39 is 0 Å². The molecule has 2 N–H and O–H groups in total. The van der Waals surface area contributed by atoms with Gasteiger partial charge < -0.3 is 14.9 Å². The van der Waals surface area contributed by atoms with Gasteiger partial charge in [-0.15, -0.1) is 0 Å². The Morgan fingerprint density at radius 3 is 2.20 bits per heavy atom. The first-order chi connectivity index (χ1) is 17.0. The Balaban J connectivity index is 1.34. The van der Waals surface area contributed by atoms with Crippen LogP contribution in [0.25, 0.3) is 33.6 Å². The van der Waals surface area contributed by atoms with Crippen molar-refractivity contribution < 1.29 is 4.79 Å². The number of rotatable bonds is 6. The molecule has 1 amide bonds. The number of hydrogen-bond donors (Lipinski definition) is 2. The van der Waals surface area contributed by atoms with Crippen molar-refractivity contribution in [2.45, 2.75) is 46.1 Å². The number of nitrogens with zero attached hydrogens (tertiary/aromatic N) is 3. The molecule has 0 radical (unpaired) electrons. The maximum atomic E-state index is 13.0. The van der Waals surface area contributed by atoms with Crippen LogP contribution in [0.4, 0.5) is 0 Å². The zero-order valence-electron chi connectivity index (χ0n) is 20.7. The lowest BCUT2D eigenvalue weighted by atomic mass is 9.89. The van der Waals surface area contributed by atoms with E-state index in [2.05, 4.69) is 84.3 Å². The molecule has 2 atom stereocenters. The summed E-state index contributed by atoms with van der Waals surface area (Å²) in [7, 11) is 0. The number of hydrogen-bond acceptors (Lipinski definition) is 3. The SMILES string of the molecule is CC(C)CC(=O)N1CCCC(C)[C@H]1c1ncc(-c2ccc(-c3ccc(-c4cnc[nH]4)cc3)cc2)[nH]1. The van der Waals surface area contributed by atoms with Crippen molar-refractivity contribution >= 4 is 5.91 Å². The van der Waals surface area contributed by atoms with Crippen molar-refractivity contribution in [3.05, 3.63) is 73.1 Å². The van der Waals surface area contributed by atoms with Crippen LogP contribution in [0, 0.1) is 11.8 Å². The lowest BCUT2D eigenvalue weighted by Crippen LogP contribution is -2.42. The van der Waals surface area contributed by atoms with E-state index in [9.17, 15) is 4.79 Å². The third-order valence-corrected chi connectivity index (χ3v) is 6.94. The van der Waals surface area contributed by atoms with E-state index in [-0.39, 0.29) is 11.9 Å². The highest BCUT2D eigenvalue weighted by atomic mass is 16.2. The van der Waals surface area contributed by atoms with Gasteiger partial charge in [0.25, 0.3) is 0 Å². The summed E-state index contributed by atoms with van der Waals surface area (Å²) in [6, 6.07) is 17.0. The largest absolute Gasteiger partial charge is 0.345 e. The molecule has 0 spiro atoms. The number of carbonyl (C=O) groups is 1. The average Bonchev–Trinajstić information content (AvgIpc) is 3.57. The van der Waals surface area contributed by atoms with Gasteiger partial charge in [-0.05, 0) is 46.9 Å². The maximum absolute atomic E-state index is 13.0. The minimum Gasteiger partial charge on any atom is -0.345 e. The first-order valence-electron chi connectivity index (χ1n) is 12.5. The average molecular weight is 468 g/mol. The van der Waals surface area contributed by atoms with Gasteiger partial charge in [0.05, 0.1) is 36.2 Å². The smallest absolute Gasteiger partial charge is 0.223 e. The van der Waals surface area contributed by atoms with E-state index in [1.54, 1.807) is 6.33 Å². The summed E-state index contributed by atoms with van der Waals surface area (Å²) >= 11 is 0. The standard InChI is InChI=1S/C29H33N5O/c1-19(2)15-27(35)34-14-4-5-20(3)28(34)29-31-17-26(33-29)24-12-8-22(9-13-24)21-6-10-23(11-7-21)25-16-30-18-32-25/h6-13,16-20,28H,4-5,14-15H2,1-3H3,(H,30,32)(H,31,33)/t20?,28-/m0/s1. The minimum absolute atomic E-state index is 0.0106. The van der Waals surface area contributed by atoms with Crippen LogP contribution >= 0.6 is 0 Å². The fourth-order valence-electron chi connectivity index (χ4n) is 5.08. The zero-order chi connectivity index (χ0) is 24.4. The molecule has 0 aliphatic carbocycles. The van der Waals surface area contributed by atoms with Crippen LogP contribution in [0.2, 0.25) is 0 Å². The highest BCUT2D eigenvalue weighted by molar-refractivity contribution is 5.77. The zero-order valence-corrected chi connectivity index (χ0v) is 20.7. The Morgan fingerprint density at radius 1 is 0.971 bits per heavy atom. The molecule has 0 bridgehead atoms. The fourth-order valence-corrected chi connectivity index (χ4v) is 5.08. The Morgan fingerprint density at radius 2 is 1.60 bits per heavy atom. The topological polar surface area (TPSA) is 77.7 Å². The lowest BCUT2D eigenvalue weighted by Gasteiger charge is -2.39. The molecular formula is C29H33N5O. The molecular weight excluding hydrogens is 434 g/mol. The predicted molar refractivity (Wildman–Crippen MR) is 139 cm³/mol. The monoisotopic (exact) mass is 467 g/mol. The van der Waals surface area contributed by atoms with Gasteiger partial charge in [-0.25, -0.2) is 9.97 Å². The summed E-state index contributed by atoms with van der Waals surface area (Å²) < 4.78 is 0. The summed E-state index contributed by atoms with van der Waals surface area (Å²) in [6.45, 7) is 7.24. The second-order valence-corrected chi connectivity index (χ2v) is 10.1. The van der Waals surface area contributed by atoms with E-state index >= 15 is 0 Å². The maximum Gasteiger partial charge on any atom is 0.223 e. The number of nitrogens with one attached hydrogen (secondary N) is 2. The highest BCUT2D eigenvalue weighted by Gasteiger charge is 2.35. The molecule has 6 heteroatoms. The van der Waals surface area contributed by atoms with Crippen LogP contribution in [0.1, 0.15) is 51.9 Å². The number of piperidine rings is 1. The van der Waals surface area contributed by atoms with Gasteiger partial charge >= 0.3 is 0 Å². The van der Waals surface area contributed by atoms with E-state index in [1.165, 1.54) is 5.56 Å². The second-order valence-electron chi connectivity index (χ2n) is 10.1. The Labute approximate surface area is 206 Å². The lowest BCUT2D eigenvalue weighted by molar-refractivity contribution is -0.137. The molecule has 1 saturated heterocycles. The van der Waals surface area contributed by atoms with Crippen LogP contribution < -0.4 is 0 Å². The number of carbonyl (C=O) groups excluding carboxylic acids is 1. The molecule has 2 aromatic heterocycles. The first-order valence-corrected chi connectivity index (χ1v) is 12.5. The molecule has 0 saturated carbocycles. The third-order valence-electron chi connectivity index (χ3n) is 6.94. The first kappa shape index (κ1) is 23.1. The van der Waals surface area contributed by atoms with Gasteiger partial charge in [-0.1, -0.05) is 69.3 Å². The summed E-state index contributed by atoms with van der Waals surface area (Å²) in [5, 5.41) is 0. The number of H-pyrrole nitrogens is 2. The van der Waals surface area contributed by atoms with Gasteiger partial charge in [0.15, 0.2) is 0 Å². The second kappa shape index (κ2) is 9.90.